The van der Waals surface area contributed by atoms with Crippen LogP contribution in [0.3, 0.4) is 0 Å². The third kappa shape index (κ3) is 3.99. The van der Waals surface area contributed by atoms with Gasteiger partial charge in [0, 0.05) is 23.1 Å². The average Bonchev–Trinajstić information content (AvgIpc) is 2.43. The summed E-state index contributed by atoms with van der Waals surface area (Å²) >= 11 is 15.3. The van der Waals surface area contributed by atoms with Crippen LogP contribution in [0.4, 0.5) is 5.69 Å². The lowest BCUT2D eigenvalue weighted by Gasteiger charge is -2.17. The Kier molecular flexibility index (Phi) is 5.30. The Hall–Kier alpha value is -1.04. The Balaban J connectivity index is 2.13. The SMILES string of the molecule is CC(Cc1ccc(Cl)cc1Cl)Nc1cnn(C)c(=O)c1Br. The lowest BCUT2D eigenvalue weighted by Crippen LogP contribution is -2.24. The molecule has 4 nitrogen and oxygen atoms in total. The monoisotopic (exact) mass is 389 g/mol. The second-order valence-corrected chi connectivity index (χ2v) is 6.42. The van der Waals surface area contributed by atoms with Crippen LogP contribution < -0.4 is 10.9 Å². The predicted octanol–water partition coefficient (Wildman–Crippen LogP) is 3.89. The molecule has 0 aliphatic heterocycles. The van der Waals surface area contributed by atoms with Crippen molar-refractivity contribution in [3.8, 4) is 0 Å². The maximum absolute atomic E-state index is 11.8. The Morgan fingerprint density at radius 3 is 2.81 bits per heavy atom. The third-order valence-corrected chi connectivity index (χ3v) is 4.37. The topological polar surface area (TPSA) is 46.9 Å². The van der Waals surface area contributed by atoms with Gasteiger partial charge in [-0.3, -0.25) is 4.79 Å². The van der Waals surface area contributed by atoms with E-state index in [1.165, 1.54) is 4.68 Å². The summed E-state index contributed by atoms with van der Waals surface area (Å²) < 4.78 is 1.74. The van der Waals surface area contributed by atoms with Gasteiger partial charge in [0.2, 0.25) is 0 Å². The minimum Gasteiger partial charge on any atom is -0.380 e. The van der Waals surface area contributed by atoms with Gasteiger partial charge in [-0.15, -0.1) is 0 Å². The van der Waals surface area contributed by atoms with E-state index in [2.05, 4.69) is 26.3 Å². The molecule has 0 saturated heterocycles. The second kappa shape index (κ2) is 6.81. The summed E-state index contributed by atoms with van der Waals surface area (Å²) in [7, 11) is 1.60. The largest absolute Gasteiger partial charge is 0.380 e. The highest BCUT2D eigenvalue weighted by molar-refractivity contribution is 9.10. The number of aromatic nitrogens is 2. The summed E-state index contributed by atoms with van der Waals surface area (Å²) in [5.74, 6) is 0. The lowest BCUT2D eigenvalue weighted by molar-refractivity contribution is 0.699. The zero-order valence-electron chi connectivity index (χ0n) is 11.5. The second-order valence-electron chi connectivity index (χ2n) is 4.79. The van der Waals surface area contributed by atoms with Crippen LogP contribution in [-0.4, -0.2) is 15.8 Å². The molecule has 1 aromatic carbocycles. The smallest absolute Gasteiger partial charge is 0.282 e. The van der Waals surface area contributed by atoms with Crippen LogP contribution in [-0.2, 0) is 13.5 Å². The summed E-state index contributed by atoms with van der Waals surface area (Å²) in [5, 5.41) is 8.50. The number of nitrogens with zero attached hydrogens (tertiary/aromatic N) is 2. The van der Waals surface area contributed by atoms with Crippen LogP contribution in [0.25, 0.3) is 0 Å². The normalized spacial score (nSPS) is 12.2. The number of rotatable bonds is 4. The van der Waals surface area contributed by atoms with E-state index in [9.17, 15) is 4.79 Å². The summed E-state index contributed by atoms with van der Waals surface area (Å²) in [5.41, 5.74) is 1.47. The molecule has 0 bridgehead atoms. The average molecular weight is 391 g/mol. The molecule has 1 atom stereocenters. The van der Waals surface area contributed by atoms with Crippen LogP contribution >= 0.6 is 39.1 Å². The summed E-state index contributed by atoms with van der Waals surface area (Å²) in [6.45, 7) is 2.01. The molecule has 7 heteroatoms. The van der Waals surface area contributed by atoms with Crippen molar-refractivity contribution in [2.75, 3.05) is 5.32 Å². The Morgan fingerprint density at radius 1 is 1.43 bits per heavy atom. The minimum atomic E-state index is -0.184. The van der Waals surface area contributed by atoms with Gasteiger partial charge >= 0.3 is 0 Å². The fourth-order valence-electron chi connectivity index (χ4n) is 1.94. The van der Waals surface area contributed by atoms with Crippen molar-refractivity contribution >= 4 is 44.8 Å². The first kappa shape index (κ1) is 16.3. The molecule has 0 radical (unpaired) electrons. The van der Waals surface area contributed by atoms with E-state index in [4.69, 9.17) is 23.2 Å². The zero-order valence-corrected chi connectivity index (χ0v) is 14.6. The molecule has 1 N–H and O–H groups in total. The van der Waals surface area contributed by atoms with Crippen LogP contribution in [0, 0.1) is 0 Å². The molecule has 0 aliphatic rings. The van der Waals surface area contributed by atoms with E-state index >= 15 is 0 Å². The Bertz CT molecular complexity index is 718. The molecular formula is C14H14BrCl2N3O. The first-order valence-electron chi connectivity index (χ1n) is 6.30. The maximum atomic E-state index is 11.8. The van der Waals surface area contributed by atoms with Gasteiger partial charge in [0.25, 0.3) is 5.56 Å². The van der Waals surface area contributed by atoms with Crippen LogP contribution in [0.1, 0.15) is 12.5 Å². The van der Waals surface area contributed by atoms with Crippen LogP contribution in [0.5, 0.6) is 0 Å². The molecule has 21 heavy (non-hydrogen) atoms. The fraction of sp³-hybridized carbons (Fsp3) is 0.286. The number of aryl methyl sites for hydroxylation is 1. The van der Waals surface area contributed by atoms with Crippen molar-refractivity contribution in [1.82, 2.24) is 9.78 Å². The van der Waals surface area contributed by atoms with E-state index in [1.807, 2.05) is 19.1 Å². The van der Waals surface area contributed by atoms with E-state index in [0.717, 1.165) is 5.56 Å². The zero-order chi connectivity index (χ0) is 15.6. The highest BCUT2D eigenvalue weighted by atomic mass is 79.9. The molecular weight excluding hydrogens is 377 g/mol. The number of anilines is 1. The Labute approximate surface area is 141 Å². The number of halogens is 3. The summed E-state index contributed by atoms with van der Waals surface area (Å²) in [6.07, 6.45) is 2.32. The van der Waals surface area contributed by atoms with Crippen LogP contribution in [0.15, 0.2) is 33.7 Å². The van der Waals surface area contributed by atoms with E-state index in [1.54, 1.807) is 19.3 Å². The summed E-state index contributed by atoms with van der Waals surface area (Å²) in [6, 6.07) is 5.51. The molecule has 0 saturated carbocycles. The summed E-state index contributed by atoms with van der Waals surface area (Å²) in [4.78, 5) is 11.8. The van der Waals surface area contributed by atoms with Crippen molar-refractivity contribution in [2.45, 2.75) is 19.4 Å². The molecule has 0 aliphatic carbocycles. The highest BCUT2D eigenvalue weighted by Gasteiger charge is 2.11. The first-order valence-corrected chi connectivity index (χ1v) is 7.85. The van der Waals surface area contributed by atoms with Crippen molar-refractivity contribution < 1.29 is 0 Å². The van der Waals surface area contributed by atoms with Crippen molar-refractivity contribution in [1.29, 1.82) is 0 Å². The maximum Gasteiger partial charge on any atom is 0.282 e. The van der Waals surface area contributed by atoms with Gasteiger partial charge in [-0.25, -0.2) is 4.68 Å². The number of hydrogen-bond donors (Lipinski definition) is 1. The van der Waals surface area contributed by atoms with Gasteiger partial charge in [0.15, 0.2) is 0 Å². The molecule has 0 spiro atoms. The van der Waals surface area contributed by atoms with Crippen LogP contribution in [0.2, 0.25) is 10.0 Å². The van der Waals surface area contributed by atoms with E-state index < -0.39 is 0 Å². The molecule has 0 amide bonds. The Morgan fingerprint density at radius 2 is 2.14 bits per heavy atom. The first-order chi connectivity index (χ1) is 9.88. The number of hydrogen-bond acceptors (Lipinski definition) is 3. The molecule has 1 heterocycles. The molecule has 2 aromatic rings. The molecule has 2 rings (SSSR count). The van der Waals surface area contributed by atoms with Gasteiger partial charge in [-0.2, -0.15) is 5.10 Å². The number of nitrogens with one attached hydrogen (secondary N) is 1. The van der Waals surface area contributed by atoms with Gasteiger partial charge in [0.1, 0.15) is 4.47 Å². The highest BCUT2D eigenvalue weighted by Crippen LogP contribution is 2.23. The van der Waals surface area contributed by atoms with Gasteiger partial charge in [-0.1, -0.05) is 29.3 Å². The van der Waals surface area contributed by atoms with E-state index in [0.29, 0.717) is 26.6 Å². The van der Waals surface area contributed by atoms with Crippen molar-refractivity contribution in [2.24, 2.45) is 7.05 Å². The molecule has 1 aromatic heterocycles. The van der Waals surface area contributed by atoms with Gasteiger partial charge in [-0.05, 0) is 47.0 Å². The standard InChI is InChI=1S/C14H14BrCl2N3O/c1-8(5-9-3-4-10(16)6-11(9)17)19-12-7-18-20(2)14(21)13(12)15/h3-4,6-8,19H,5H2,1-2H3. The molecule has 112 valence electrons. The molecule has 1 unspecified atom stereocenters. The number of benzene rings is 1. The van der Waals surface area contributed by atoms with Gasteiger partial charge < -0.3 is 5.32 Å². The van der Waals surface area contributed by atoms with Crippen molar-refractivity contribution in [3.05, 3.63) is 54.8 Å². The van der Waals surface area contributed by atoms with Crippen molar-refractivity contribution in [3.63, 3.8) is 0 Å². The molecule has 0 fully saturated rings. The van der Waals surface area contributed by atoms with E-state index in [-0.39, 0.29) is 11.6 Å². The third-order valence-electron chi connectivity index (χ3n) is 3.02. The lowest BCUT2D eigenvalue weighted by atomic mass is 10.1. The minimum absolute atomic E-state index is 0.0777. The predicted molar refractivity (Wildman–Crippen MR) is 90.4 cm³/mol. The van der Waals surface area contributed by atoms with Gasteiger partial charge in [0.05, 0.1) is 11.9 Å². The fourth-order valence-corrected chi connectivity index (χ4v) is 2.90. The quantitative estimate of drug-likeness (QED) is 0.861.